The zero-order valence-electron chi connectivity index (χ0n) is 20.4. The Labute approximate surface area is 215 Å². The summed E-state index contributed by atoms with van der Waals surface area (Å²) >= 11 is 6.16. The molecule has 1 aliphatic rings. The molecule has 36 heavy (non-hydrogen) atoms. The van der Waals surface area contributed by atoms with Crippen LogP contribution in [0.4, 0.5) is 17.3 Å². The van der Waals surface area contributed by atoms with Crippen molar-refractivity contribution in [3.05, 3.63) is 65.3 Å². The predicted molar refractivity (Wildman–Crippen MR) is 140 cm³/mol. The van der Waals surface area contributed by atoms with Gasteiger partial charge in [-0.2, -0.15) is 8.42 Å². The first-order valence-electron chi connectivity index (χ1n) is 11.4. The molecule has 0 radical (unpaired) electrons. The van der Waals surface area contributed by atoms with Crippen LogP contribution in [0.5, 0.6) is 5.75 Å². The number of nitrogens with zero attached hydrogens (tertiary/aromatic N) is 3. The number of aromatic nitrogens is 2. The van der Waals surface area contributed by atoms with E-state index in [0.29, 0.717) is 28.2 Å². The Morgan fingerprint density at radius 1 is 1.19 bits per heavy atom. The number of benzene rings is 1. The number of nitrogens with one attached hydrogen (secondary N) is 2. The van der Waals surface area contributed by atoms with Gasteiger partial charge in [0.25, 0.3) is 15.9 Å². The van der Waals surface area contributed by atoms with Crippen molar-refractivity contribution in [3.63, 3.8) is 0 Å². The monoisotopic (exact) mass is 529 g/mol. The van der Waals surface area contributed by atoms with Crippen molar-refractivity contribution in [2.75, 3.05) is 23.9 Å². The molecule has 2 aromatic heterocycles. The first-order chi connectivity index (χ1) is 17.0. The van der Waals surface area contributed by atoms with Crippen molar-refractivity contribution in [2.45, 2.75) is 37.8 Å². The standard InChI is InChI=1S/C25H28ClN5O4S/c1-16-12-14-31(25(16,2)3)23-18(7-6-13-27-23)24(32)30-36(33,34)22-9-5-8-21(29-22)28-17-10-11-20(35-4)19(26)15-17/h5-11,13,15-16H,12,14H2,1-4H3,(H,28,29)(H,30,32). The molecule has 0 aliphatic carbocycles. The second-order valence-corrected chi connectivity index (χ2v) is 11.2. The van der Waals surface area contributed by atoms with E-state index >= 15 is 0 Å². The van der Waals surface area contributed by atoms with Gasteiger partial charge in [-0.05, 0) is 68.7 Å². The van der Waals surface area contributed by atoms with Gasteiger partial charge in [-0.15, -0.1) is 0 Å². The highest BCUT2D eigenvalue weighted by atomic mass is 35.5. The van der Waals surface area contributed by atoms with E-state index in [1.807, 2.05) is 0 Å². The van der Waals surface area contributed by atoms with Crippen molar-refractivity contribution < 1.29 is 17.9 Å². The van der Waals surface area contributed by atoms with Crippen molar-refractivity contribution in [1.82, 2.24) is 14.7 Å². The fourth-order valence-corrected chi connectivity index (χ4v) is 5.35. The Kier molecular flexibility index (Phi) is 7.10. The maximum Gasteiger partial charge on any atom is 0.281 e. The maximum absolute atomic E-state index is 13.2. The molecular formula is C25H28ClN5O4S. The third-order valence-electron chi connectivity index (χ3n) is 6.62. The van der Waals surface area contributed by atoms with Gasteiger partial charge in [-0.25, -0.2) is 14.7 Å². The summed E-state index contributed by atoms with van der Waals surface area (Å²) in [5, 5.41) is 3.09. The van der Waals surface area contributed by atoms with Crippen LogP contribution < -0.4 is 19.7 Å². The van der Waals surface area contributed by atoms with Crippen LogP contribution >= 0.6 is 11.6 Å². The number of hydrogen-bond donors (Lipinski definition) is 2. The summed E-state index contributed by atoms with van der Waals surface area (Å²) < 4.78 is 33.4. The molecule has 0 bridgehead atoms. The first kappa shape index (κ1) is 25.7. The average Bonchev–Trinajstić information content (AvgIpc) is 3.11. The predicted octanol–water partition coefficient (Wildman–Crippen LogP) is 4.63. The van der Waals surface area contributed by atoms with Crippen LogP contribution in [0.15, 0.2) is 59.8 Å². The zero-order chi connectivity index (χ0) is 26.1. The normalized spacial score (nSPS) is 17.0. The van der Waals surface area contributed by atoms with E-state index in [1.54, 1.807) is 42.6 Å². The molecule has 3 aromatic rings. The van der Waals surface area contributed by atoms with Gasteiger partial charge in [0.15, 0.2) is 5.03 Å². The van der Waals surface area contributed by atoms with Gasteiger partial charge in [0.1, 0.15) is 17.4 Å². The number of sulfonamides is 1. The number of methoxy groups -OCH3 is 1. The van der Waals surface area contributed by atoms with Crippen LogP contribution in [-0.4, -0.2) is 43.5 Å². The number of carbonyl (C=O) groups excluding carboxylic acids is 1. The molecule has 2 N–H and O–H groups in total. The lowest BCUT2D eigenvalue weighted by molar-refractivity contribution is 0.0981. The number of rotatable bonds is 7. The van der Waals surface area contributed by atoms with Crippen LogP contribution in [0.2, 0.25) is 5.02 Å². The fraction of sp³-hybridized carbons (Fsp3) is 0.320. The number of halogens is 1. The third kappa shape index (κ3) is 5.10. The van der Waals surface area contributed by atoms with Crippen molar-refractivity contribution in [2.24, 2.45) is 5.92 Å². The van der Waals surface area contributed by atoms with E-state index in [-0.39, 0.29) is 21.9 Å². The molecule has 9 nitrogen and oxygen atoms in total. The molecule has 1 unspecified atom stereocenters. The Bertz CT molecular complexity index is 1400. The van der Waals surface area contributed by atoms with Crippen LogP contribution in [0.1, 0.15) is 37.6 Å². The summed E-state index contributed by atoms with van der Waals surface area (Å²) in [5.41, 5.74) is 0.550. The Morgan fingerprint density at radius 2 is 1.97 bits per heavy atom. The van der Waals surface area contributed by atoms with E-state index in [4.69, 9.17) is 16.3 Å². The molecule has 1 aromatic carbocycles. The van der Waals surface area contributed by atoms with E-state index in [0.717, 1.165) is 13.0 Å². The van der Waals surface area contributed by atoms with E-state index < -0.39 is 15.9 Å². The average molecular weight is 530 g/mol. The largest absolute Gasteiger partial charge is 0.495 e. The maximum atomic E-state index is 13.2. The minimum Gasteiger partial charge on any atom is -0.495 e. The Morgan fingerprint density at radius 3 is 2.64 bits per heavy atom. The van der Waals surface area contributed by atoms with Crippen LogP contribution in [0.25, 0.3) is 0 Å². The molecule has 1 fully saturated rings. The Hall–Kier alpha value is -3.37. The van der Waals surface area contributed by atoms with Gasteiger partial charge in [0, 0.05) is 24.0 Å². The number of anilines is 3. The lowest BCUT2D eigenvalue weighted by Crippen LogP contribution is -2.43. The fourth-order valence-electron chi connectivity index (χ4n) is 4.15. The SMILES string of the molecule is COc1ccc(Nc2cccc(S(=O)(=O)NC(=O)c3cccnc3N3CCC(C)C3(C)C)n2)cc1Cl. The van der Waals surface area contributed by atoms with Crippen molar-refractivity contribution in [3.8, 4) is 5.75 Å². The van der Waals surface area contributed by atoms with Gasteiger partial charge in [0.05, 0.1) is 17.7 Å². The highest BCUT2D eigenvalue weighted by Gasteiger charge is 2.40. The molecule has 4 rings (SSSR count). The van der Waals surface area contributed by atoms with E-state index in [9.17, 15) is 13.2 Å². The highest BCUT2D eigenvalue weighted by molar-refractivity contribution is 7.90. The summed E-state index contributed by atoms with van der Waals surface area (Å²) in [6.07, 6.45) is 2.55. The smallest absolute Gasteiger partial charge is 0.281 e. The molecule has 1 atom stereocenters. The minimum absolute atomic E-state index is 0.186. The van der Waals surface area contributed by atoms with Gasteiger partial charge < -0.3 is 15.0 Å². The van der Waals surface area contributed by atoms with Crippen LogP contribution in [0, 0.1) is 5.92 Å². The second kappa shape index (κ2) is 9.94. The molecule has 0 saturated carbocycles. The van der Waals surface area contributed by atoms with Crippen LogP contribution in [0.3, 0.4) is 0 Å². The van der Waals surface area contributed by atoms with E-state index in [2.05, 4.69) is 45.7 Å². The van der Waals surface area contributed by atoms with Gasteiger partial charge in [-0.1, -0.05) is 24.6 Å². The molecule has 11 heteroatoms. The summed E-state index contributed by atoms with van der Waals surface area (Å²) in [5.74, 6) is 0.853. The van der Waals surface area contributed by atoms with E-state index in [1.165, 1.54) is 19.2 Å². The minimum atomic E-state index is -4.26. The lowest BCUT2D eigenvalue weighted by Gasteiger charge is -2.36. The molecule has 1 aliphatic heterocycles. The van der Waals surface area contributed by atoms with Gasteiger partial charge in [0.2, 0.25) is 0 Å². The topological polar surface area (TPSA) is 114 Å². The van der Waals surface area contributed by atoms with Crippen molar-refractivity contribution in [1.29, 1.82) is 0 Å². The van der Waals surface area contributed by atoms with Crippen molar-refractivity contribution >= 4 is 44.9 Å². The second-order valence-electron chi connectivity index (χ2n) is 9.14. The first-order valence-corrected chi connectivity index (χ1v) is 13.3. The number of hydrogen-bond acceptors (Lipinski definition) is 8. The highest BCUT2D eigenvalue weighted by Crippen LogP contribution is 2.38. The summed E-state index contributed by atoms with van der Waals surface area (Å²) in [4.78, 5) is 23.8. The molecule has 1 saturated heterocycles. The lowest BCUT2D eigenvalue weighted by atomic mass is 9.90. The number of carbonyl (C=O) groups is 1. The molecule has 3 heterocycles. The number of amides is 1. The number of pyridine rings is 2. The van der Waals surface area contributed by atoms with Gasteiger partial charge >= 0.3 is 0 Å². The summed E-state index contributed by atoms with van der Waals surface area (Å²) in [6.45, 7) is 7.06. The van der Waals surface area contributed by atoms with Gasteiger partial charge in [-0.3, -0.25) is 4.79 Å². The van der Waals surface area contributed by atoms with Crippen LogP contribution in [-0.2, 0) is 10.0 Å². The third-order valence-corrected chi connectivity index (χ3v) is 8.15. The molecule has 190 valence electrons. The number of ether oxygens (including phenoxy) is 1. The summed E-state index contributed by atoms with van der Waals surface area (Å²) in [7, 11) is -2.75. The summed E-state index contributed by atoms with van der Waals surface area (Å²) in [6, 6.07) is 12.7. The molecular weight excluding hydrogens is 502 g/mol. The molecule has 1 amide bonds. The molecule has 0 spiro atoms. The quantitative estimate of drug-likeness (QED) is 0.455. The zero-order valence-corrected chi connectivity index (χ0v) is 22.0. The Balaban J connectivity index is 1.56.